The van der Waals surface area contributed by atoms with Crippen LogP contribution in [0.2, 0.25) is 0 Å². The van der Waals surface area contributed by atoms with E-state index in [0.717, 1.165) is 17.0 Å². The first-order valence-corrected chi connectivity index (χ1v) is 6.04. The molecule has 18 heavy (non-hydrogen) atoms. The van der Waals surface area contributed by atoms with Gasteiger partial charge in [-0.25, -0.2) is 9.97 Å². The molecule has 0 aliphatic carbocycles. The van der Waals surface area contributed by atoms with Gasteiger partial charge in [0.05, 0.1) is 12.3 Å². The highest BCUT2D eigenvalue weighted by molar-refractivity contribution is 5.35. The van der Waals surface area contributed by atoms with Crippen molar-refractivity contribution in [3.63, 3.8) is 0 Å². The maximum atomic E-state index is 5.86. The highest BCUT2D eigenvalue weighted by Gasteiger charge is 2.14. The Labute approximate surface area is 107 Å². The van der Waals surface area contributed by atoms with Crippen LogP contribution in [0.1, 0.15) is 24.1 Å². The maximum Gasteiger partial charge on any atom is 0.119 e. The Balaban J connectivity index is 2.30. The Hall–Kier alpha value is -1.94. The zero-order valence-corrected chi connectivity index (χ0v) is 10.4. The summed E-state index contributed by atoms with van der Waals surface area (Å²) in [6.07, 6.45) is 3.28. The Morgan fingerprint density at radius 1 is 1.33 bits per heavy atom. The lowest BCUT2D eigenvalue weighted by Crippen LogP contribution is -2.15. The van der Waals surface area contributed by atoms with Crippen LogP contribution in [0.15, 0.2) is 42.9 Å². The lowest BCUT2D eigenvalue weighted by molar-refractivity contribution is 0.340. The minimum atomic E-state index is 0.0772. The molecule has 1 heterocycles. The molecular formula is C14H17N3O. The predicted octanol–water partition coefficient (Wildman–Crippen LogP) is 1.97. The topological polar surface area (TPSA) is 61.0 Å². The molecule has 4 heteroatoms. The summed E-state index contributed by atoms with van der Waals surface area (Å²) in [6, 6.07) is 9.88. The lowest BCUT2D eigenvalue weighted by atomic mass is 9.95. The second kappa shape index (κ2) is 6.12. The van der Waals surface area contributed by atoms with E-state index in [1.807, 2.05) is 37.3 Å². The normalized spacial score (nSPS) is 12.1. The fourth-order valence-corrected chi connectivity index (χ4v) is 1.92. The zero-order chi connectivity index (χ0) is 12.8. The molecule has 0 aliphatic rings. The van der Waals surface area contributed by atoms with Gasteiger partial charge in [0.2, 0.25) is 0 Å². The molecule has 0 amide bonds. The molecule has 1 atom stereocenters. The first kappa shape index (κ1) is 12.5. The summed E-state index contributed by atoms with van der Waals surface area (Å²) < 4.78 is 5.50. The van der Waals surface area contributed by atoms with E-state index < -0.39 is 0 Å². The molecule has 2 rings (SSSR count). The van der Waals surface area contributed by atoms with Crippen molar-refractivity contribution >= 4 is 0 Å². The third-order valence-corrected chi connectivity index (χ3v) is 2.77. The van der Waals surface area contributed by atoms with Gasteiger partial charge in [0.15, 0.2) is 0 Å². The quantitative estimate of drug-likeness (QED) is 0.872. The lowest BCUT2D eigenvalue weighted by Gasteiger charge is -2.15. The van der Waals surface area contributed by atoms with Crippen LogP contribution in [0.4, 0.5) is 0 Å². The van der Waals surface area contributed by atoms with Crippen LogP contribution in [0.5, 0.6) is 5.75 Å². The van der Waals surface area contributed by atoms with E-state index in [2.05, 4.69) is 9.97 Å². The first-order valence-electron chi connectivity index (χ1n) is 6.04. The van der Waals surface area contributed by atoms with Gasteiger partial charge in [0.25, 0.3) is 0 Å². The highest BCUT2D eigenvalue weighted by atomic mass is 16.5. The predicted molar refractivity (Wildman–Crippen MR) is 70.5 cm³/mol. The van der Waals surface area contributed by atoms with Crippen molar-refractivity contribution in [2.75, 3.05) is 13.2 Å². The van der Waals surface area contributed by atoms with Crippen LogP contribution in [0, 0.1) is 0 Å². The number of aromatic nitrogens is 2. The molecule has 0 spiro atoms. The maximum absolute atomic E-state index is 5.86. The van der Waals surface area contributed by atoms with Gasteiger partial charge in [-0.2, -0.15) is 0 Å². The van der Waals surface area contributed by atoms with E-state index in [0.29, 0.717) is 13.2 Å². The van der Waals surface area contributed by atoms with Gasteiger partial charge in [0, 0.05) is 18.7 Å². The standard InChI is InChI=1S/C14H17N3O/c1-2-18-12-5-3-4-11(8-12)13(9-15)14-6-7-16-10-17-14/h3-8,10,13H,2,9,15H2,1H3. The molecule has 2 aromatic rings. The Bertz CT molecular complexity index is 487. The average Bonchev–Trinajstić information content (AvgIpc) is 2.42. The van der Waals surface area contributed by atoms with Crippen LogP contribution in [0.3, 0.4) is 0 Å². The summed E-state index contributed by atoms with van der Waals surface area (Å²) in [5, 5.41) is 0. The van der Waals surface area contributed by atoms with E-state index in [1.165, 1.54) is 0 Å². The molecule has 0 saturated carbocycles. The summed E-state index contributed by atoms with van der Waals surface area (Å²) in [4.78, 5) is 8.20. The molecule has 0 fully saturated rings. The van der Waals surface area contributed by atoms with Crippen molar-refractivity contribution in [3.8, 4) is 5.75 Å². The Morgan fingerprint density at radius 2 is 2.22 bits per heavy atom. The molecule has 1 aromatic carbocycles. The number of hydrogen-bond donors (Lipinski definition) is 1. The fraction of sp³-hybridized carbons (Fsp3) is 0.286. The smallest absolute Gasteiger partial charge is 0.119 e. The van der Waals surface area contributed by atoms with E-state index in [4.69, 9.17) is 10.5 Å². The van der Waals surface area contributed by atoms with Gasteiger partial charge in [-0.05, 0) is 30.7 Å². The van der Waals surface area contributed by atoms with Crippen molar-refractivity contribution < 1.29 is 4.74 Å². The molecule has 4 nitrogen and oxygen atoms in total. The number of hydrogen-bond acceptors (Lipinski definition) is 4. The number of nitrogens with two attached hydrogens (primary N) is 1. The second-order valence-corrected chi connectivity index (χ2v) is 3.93. The van der Waals surface area contributed by atoms with Crippen molar-refractivity contribution in [3.05, 3.63) is 54.1 Å². The average molecular weight is 243 g/mol. The summed E-state index contributed by atoms with van der Waals surface area (Å²) in [7, 11) is 0. The third-order valence-electron chi connectivity index (χ3n) is 2.77. The van der Waals surface area contributed by atoms with Gasteiger partial charge in [0.1, 0.15) is 12.1 Å². The summed E-state index contributed by atoms with van der Waals surface area (Å²) in [5.74, 6) is 0.941. The van der Waals surface area contributed by atoms with Crippen LogP contribution in [-0.2, 0) is 0 Å². The monoisotopic (exact) mass is 243 g/mol. The largest absolute Gasteiger partial charge is 0.494 e. The molecule has 0 bridgehead atoms. The Morgan fingerprint density at radius 3 is 2.89 bits per heavy atom. The third kappa shape index (κ3) is 2.84. The highest BCUT2D eigenvalue weighted by Crippen LogP contribution is 2.24. The van der Waals surface area contributed by atoms with Crippen LogP contribution >= 0.6 is 0 Å². The first-order chi connectivity index (χ1) is 8.85. The van der Waals surface area contributed by atoms with E-state index in [-0.39, 0.29) is 5.92 Å². The van der Waals surface area contributed by atoms with Gasteiger partial charge < -0.3 is 10.5 Å². The molecule has 1 aromatic heterocycles. The second-order valence-electron chi connectivity index (χ2n) is 3.93. The number of rotatable bonds is 5. The molecule has 2 N–H and O–H groups in total. The SMILES string of the molecule is CCOc1cccc(C(CN)c2ccncn2)c1. The minimum absolute atomic E-state index is 0.0772. The van der Waals surface area contributed by atoms with Gasteiger partial charge in [-0.1, -0.05) is 12.1 Å². The van der Waals surface area contributed by atoms with E-state index in [9.17, 15) is 0 Å². The summed E-state index contributed by atoms with van der Waals surface area (Å²) in [5.41, 5.74) is 7.90. The van der Waals surface area contributed by atoms with Crippen LogP contribution in [-0.4, -0.2) is 23.1 Å². The zero-order valence-electron chi connectivity index (χ0n) is 10.4. The van der Waals surface area contributed by atoms with Crippen LogP contribution < -0.4 is 10.5 Å². The van der Waals surface area contributed by atoms with Crippen molar-refractivity contribution in [1.82, 2.24) is 9.97 Å². The van der Waals surface area contributed by atoms with Gasteiger partial charge >= 0.3 is 0 Å². The van der Waals surface area contributed by atoms with Crippen molar-refractivity contribution in [1.29, 1.82) is 0 Å². The molecule has 0 radical (unpaired) electrons. The molecule has 94 valence electrons. The molecular weight excluding hydrogens is 226 g/mol. The van der Waals surface area contributed by atoms with Gasteiger partial charge in [-0.3, -0.25) is 0 Å². The van der Waals surface area contributed by atoms with Gasteiger partial charge in [-0.15, -0.1) is 0 Å². The van der Waals surface area contributed by atoms with E-state index in [1.54, 1.807) is 12.5 Å². The van der Waals surface area contributed by atoms with E-state index >= 15 is 0 Å². The summed E-state index contributed by atoms with van der Waals surface area (Å²) >= 11 is 0. The van der Waals surface area contributed by atoms with Crippen LogP contribution in [0.25, 0.3) is 0 Å². The fourth-order valence-electron chi connectivity index (χ4n) is 1.92. The van der Waals surface area contributed by atoms with Crippen molar-refractivity contribution in [2.45, 2.75) is 12.8 Å². The number of ether oxygens (including phenoxy) is 1. The summed E-state index contributed by atoms with van der Waals surface area (Å²) in [6.45, 7) is 3.13. The Kier molecular flexibility index (Phi) is 4.25. The molecule has 0 saturated heterocycles. The number of nitrogens with zero attached hydrogens (tertiary/aromatic N) is 2. The van der Waals surface area contributed by atoms with Crippen molar-refractivity contribution in [2.24, 2.45) is 5.73 Å². The number of benzene rings is 1. The minimum Gasteiger partial charge on any atom is -0.494 e. The molecule has 1 unspecified atom stereocenters. The molecule has 0 aliphatic heterocycles.